The number of carbonyl (C=O) groups is 2. The van der Waals surface area contributed by atoms with Crippen molar-refractivity contribution in [3.05, 3.63) is 33.0 Å². The predicted octanol–water partition coefficient (Wildman–Crippen LogP) is 6.07. The van der Waals surface area contributed by atoms with E-state index in [2.05, 4.69) is 0 Å². The molecular formula is C21H31ClF2N2O3. The van der Waals surface area contributed by atoms with Crippen LogP contribution in [-0.2, 0) is 18.1 Å². The number of carboxylic acids is 1. The molecule has 164 valence electrons. The molecule has 0 saturated heterocycles. The van der Waals surface area contributed by atoms with Crippen LogP contribution in [0.15, 0.2) is 11.3 Å². The zero-order valence-electron chi connectivity index (χ0n) is 17.9. The average Bonchev–Trinajstić information content (AvgIpc) is 2.70. The summed E-state index contributed by atoms with van der Waals surface area (Å²) in [7, 11) is 0. The molecule has 1 aromatic carbocycles. The lowest BCUT2D eigenvalue weighted by atomic mass is 9.97. The Labute approximate surface area is 176 Å². The topological polar surface area (TPSA) is 83.6 Å². The first-order valence-corrected chi connectivity index (χ1v) is 9.97. The molecule has 0 atom stereocenters. The van der Waals surface area contributed by atoms with Gasteiger partial charge in [0, 0.05) is 22.9 Å². The van der Waals surface area contributed by atoms with Gasteiger partial charge in [0.1, 0.15) is 13.3 Å². The monoisotopic (exact) mass is 432 g/mol. The molecule has 0 aliphatic rings. The molecule has 0 heterocycles. The van der Waals surface area contributed by atoms with E-state index in [0.29, 0.717) is 24.8 Å². The number of allylic oxidation sites excluding steroid dienone is 1. The number of aliphatic carboxylic acids is 1. The van der Waals surface area contributed by atoms with E-state index in [9.17, 15) is 23.5 Å². The van der Waals surface area contributed by atoms with Gasteiger partial charge in [-0.15, -0.1) is 0 Å². The van der Waals surface area contributed by atoms with Crippen molar-refractivity contribution in [2.24, 2.45) is 0 Å². The summed E-state index contributed by atoms with van der Waals surface area (Å²) in [6.07, 6.45) is 1.46. The molecule has 0 saturated carbocycles. The van der Waals surface area contributed by atoms with Crippen LogP contribution in [0.1, 0.15) is 75.9 Å². The summed E-state index contributed by atoms with van der Waals surface area (Å²) in [4.78, 5) is 24.9. The van der Waals surface area contributed by atoms with Crippen LogP contribution in [0, 0.1) is 0 Å². The lowest BCUT2D eigenvalue weighted by molar-refractivity contribution is -0.132. The Balaban J connectivity index is 0.00000379. The molecule has 0 aliphatic heterocycles. The number of hydrogen-bond acceptors (Lipinski definition) is 4. The molecule has 0 aromatic heterocycles. The molecule has 0 amide bonds. The van der Waals surface area contributed by atoms with Crippen molar-refractivity contribution >= 4 is 35.2 Å². The van der Waals surface area contributed by atoms with Crippen molar-refractivity contribution in [1.29, 1.82) is 0 Å². The Hall–Kier alpha value is -2.15. The van der Waals surface area contributed by atoms with Crippen LogP contribution in [0.5, 0.6) is 0 Å². The molecule has 3 N–H and O–H groups in total. The van der Waals surface area contributed by atoms with Crippen LogP contribution < -0.4 is 10.6 Å². The fourth-order valence-electron chi connectivity index (χ4n) is 3.05. The van der Waals surface area contributed by atoms with Crippen LogP contribution in [0.25, 0.3) is 0 Å². The maximum absolute atomic E-state index is 13.6. The van der Waals surface area contributed by atoms with E-state index in [1.54, 1.807) is 18.7 Å². The Morgan fingerprint density at radius 1 is 1.24 bits per heavy atom. The minimum Gasteiger partial charge on any atom is -0.478 e. The van der Waals surface area contributed by atoms with E-state index in [-0.39, 0.29) is 44.7 Å². The van der Waals surface area contributed by atoms with Crippen LogP contribution >= 0.6 is 11.6 Å². The maximum atomic E-state index is 13.6. The first-order valence-electron chi connectivity index (χ1n) is 9.59. The highest BCUT2D eigenvalue weighted by Crippen LogP contribution is 2.43. The second-order valence-electron chi connectivity index (χ2n) is 6.42. The molecule has 5 nitrogen and oxygen atoms in total. The van der Waals surface area contributed by atoms with Crippen LogP contribution in [0.2, 0.25) is 5.02 Å². The molecule has 29 heavy (non-hydrogen) atoms. The van der Waals surface area contributed by atoms with Gasteiger partial charge in [0.25, 0.3) is 0 Å². The number of carbonyl (C=O) groups excluding carboxylic acids is 1. The summed E-state index contributed by atoms with van der Waals surface area (Å²) in [6.45, 7) is 8.76. The van der Waals surface area contributed by atoms with Gasteiger partial charge >= 0.3 is 5.97 Å². The van der Waals surface area contributed by atoms with E-state index in [1.807, 2.05) is 20.8 Å². The zero-order chi connectivity index (χ0) is 22.9. The highest BCUT2D eigenvalue weighted by molar-refractivity contribution is 6.35. The Morgan fingerprint density at radius 3 is 2.10 bits per heavy atom. The first-order chi connectivity index (χ1) is 13.7. The molecule has 0 unspecified atom stereocenters. The number of nitrogens with zero attached hydrogens (tertiary/aromatic N) is 1. The number of anilines is 2. The number of carboxylic acid groups (broad SMARTS) is 1. The fourth-order valence-corrected chi connectivity index (χ4v) is 3.40. The molecule has 0 fully saturated rings. The first kappa shape index (κ1) is 26.9. The third-order valence-corrected chi connectivity index (χ3v) is 4.79. The number of halogens is 3. The minimum absolute atomic E-state index is 0.0772. The number of nitrogens with two attached hydrogens (primary N) is 1. The summed E-state index contributed by atoms with van der Waals surface area (Å²) >= 11 is 6.38. The number of aldehydes is 1. The number of hydrogen-bond donors (Lipinski definition) is 2. The molecule has 0 aliphatic carbocycles. The minimum atomic E-state index is -1.12. The van der Waals surface area contributed by atoms with Gasteiger partial charge in [0.15, 0.2) is 6.29 Å². The smallest absolute Gasteiger partial charge is 0.333 e. The average molecular weight is 433 g/mol. The molecule has 8 heteroatoms. The molecule has 0 bridgehead atoms. The third kappa shape index (κ3) is 5.69. The maximum Gasteiger partial charge on any atom is 0.333 e. The van der Waals surface area contributed by atoms with E-state index < -0.39 is 19.3 Å². The van der Waals surface area contributed by atoms with Gasteiger partial charge in [-0.1, -0.05) is 38.8 Å². The van der Waals surface area contributed by atoms with Crippen molar-refractivity contribution in [2.45, 2.75) is 73.8 Å². The van der Waals surface area contributed by atoms with E-state index in [0.717, 1.165) is 0 Å². The highest BCUT2D eigenvalue weighted by atomic mass is 35.5. The number of rotatable bonds is 9. The largest absolute Gasteiger partial charge is 0.478 e. The van der Waals surface area contributed by atoms with Gasteiger partial charge < -0.3 is 15.7 Å². The lowest BCUT2D eigenvalue weighted by Gasteiger charge is -2.35. The molecule has 1 aromatic rings. The summed E-state index contributed by atoms with van der Waals surface area (Å²) < 4.78 is 27.0. The Kier molecular flexibility index (Phi) is 11.5. The van der Waals surface area contributed by atoms with Gasteiger partial charge in [0.05, 0.1) is 27.5 Å². The number of benzene rings is 1. The molecule has 1 rings (SSSR count). The normalized spacial score (nSPS) is 11.5. The van der Waals surface area contributed by atoms with Crippen molar-refractivity contribution < 1.29 is 23.5 Å². The van der Waals surface area contributed by atoms with Gasteiger partial charge in [-0.2, -0.15) is 0 Å². The summed E-state index contributed by atoms with van der Waals surface area (Å²) in [5.41, 5.74) is 6.00. The predicted molar refractivity (Wildman–Crippen MR) is 115 cm³/mol. The van der Waals surface area contributed by atoms with Crippen molar-refractivity contribution in [1.82, 2.24) is 0 Å². The SMILES string of the molecule is CC.CCC/C(=C(/C)C(=O)O)N(c1c(Cl)c(CF)c(CF)c(N)c1C=O)C(C)C. The summed E-state index contributed by atoms with van der Waals surface area (Å²) in [6, 6.07) is -0.319. The van der Waals surface area contributed by atoms with E-state index in [4.69, 9.17) is 17.3 Å². The quantitative estimate of drug-likeness (QED) is 0.281. The summed E-state index contributed by atoms with van der Waals surface area (Å²) in [5, 5.41) is 9.33. The number of nitrogen functional groups attached to an aromatic ring is 1. The third-order valence-electron chi connectivity index (χ3n) is 4.38. The second-order valence-corrected chi connectivity index (χ2v) is 6.80. The second kappa shape index (κ2) is 12.4. The van der Waals surface area contributed by atoms with Crippen LogP contribution in [0.4, 0.5) is 20.2 Å². The molecule has 0 radical (unpaired) electrons. The Bertz CT molecular complexity index is 765. The Morgan fingerprint density at radius 2 is 1.76 bits per heavy atom. The van der Waals surface area contributed by atoms with Gasteiger partial charge in [-0.3, -0.25) is 4.79 Å². The van der Waals surface area contributed by atoms with Crippen molar-refractivity contribution in [3.8, 4) is 0 Å². The van der Waals surface area contributed by atoms with Gasteiger partial charge in [-0.25, -0.2) is 13.6 Å². The van der Waals surface area contributed by atoms with Gasteiger partial charge in [-0.05, 0) is 27.2 Å². The standard InChI is InChI=1S/C19H25ClF2N2O3.C2H6/c1-5-6-15(11(4)19(26)27)24(10(2)3)18-14(9-25)17(23)13(8-22)12(7-21)16(18)20;1-2/h9-10H,5-8,23H2,1-4H3,(H,26,27);1-2H3/b15-11+;. The lowest BCUT2D eigenvalue weighted by Crippen LogP contribution is -2.33. The van der Waals surface area contributed by atoms with Crippen molar-refractivity contribution in [3.63, 3.8) is 0 Å². The number of alkyl halides is 2. The van der Waals surface area contributed by atoms with E-state index >= 15 is 0 Å². The highest BCUT2D eigenvalue weighted by Gasteiger charge is 2.29. The van der Waals surface area contributed by atoms with Crippen LogP contribution in [-0.4, -0.2) is 23.4 Å². The van der Waals surface area contributed by atoms with Gasteiger partial charge in [0.2, 0.25) is 0 Å². The molecule has 0 spiro atoms. The van der Waals surface area contributed by atoms with E-state index in [1.165, 1.54) is 6.92 Å². The molecular weight excluding hydrogens is 402 g/mol. The van der Waals surface area contributed by atoms with Crippen LogP contribution in [0.3, 0.4) is 0 Å². The summed E-state index contributed by atoms with van der Waals surface area (Å²) in [5.74, 6) is -1.12. The zero-order valence-corrected chi connectivity index (χ0v) is 18.7. The fraction of sp³-hybridized carbons (Fsp3) is 0.524. The van der Waals surface area contributed by atoms with Crippen molar-refractivity contribution in [2.75, 3.05) is 10.6 Å².